The van der Waals surface area contributed by atoms with Crippen molar-refractivity contribution in [1.82, 2.24) is 4.98 Å². The molecule has 0 aliphatic carbocycles. The zero-order valence-corrected chi connectivity index (χ0v) is 14.0. The van der Waals surface area contributed by atoms with Gasteiger partial charge in [-0.3, -0.25) is 0 Å². The molecule has 0 spiro atoms. The van der Waals surface area contributed by atoms with Crippen molar-refractivity contribution in [2.24, 2.45) is 11.1 Å². The van der Waals surface area contributed by atoms with Gasteiger partial charge < -0.3 is 15.2 Å². The van der Waals surface area contributed by atoms with Crippen LogP contribution in [0.4, 0.5) is 0 Å². The van der Waals surface area contributed by atoms with Crippen LogP contribution in [0.1, 0.15) is 31.8 Å². The quantitative estimate of drug-likeness (QED) is 0.931. The zero-order valence-electron chi connectivity index (χ0n) is 13.1. The van der Waals surface area contributed by atoms with Gasteiger partial charge in [-0.05, 0) is 23.6 Å². The van der Waals surface area contributed by atoms with Crippen molar-refractivity contribution in [3.63, 3.8) is 0 Å². The summed E-state index contributed by atoms with van der Waals surface area (Å²) in [5.41, 5.74) is 8.05. The molecular formula is C16H22N2O2S. The number of thiazole rings is 1. The molecule has 0 saturated heterocycles. The molecule has 1 aromatic heterocycles. The van der Waals surface area contributed by atoms with E-state index in [9.17, 15) is 0 Å². The SMILES string of the molecule is COc1ccc(OC)c(-c2csc(C(N)C(C)(C)C)n2)c1. The van der Waals surface area contributed by atoms with Crippen LogP contribution in [0.5, 0.6) is 11.5 Å². The second kappa shape index (κ2) is 6.03. The standard InChI is InChI=1S/C16H22N2O2S/c1-16(2,3)14(17)15-18-12(9-21-15)11-8-10(19-4)6-7-13(11)20-5/h6-9,14H,17H2,1-5H3. The smallest absolute Gasteiger partial charge is 0.128 e. The number of rotatable bonds is 4. The van der Waals surface area contributed by atoms with Crippen LogP contribution in [0.2, 0.25) is 0 Å². The lowest BCUT2D eigenvalue weighted by Gasteiger charge is -2.24. The molecule has 5 heteroatoms. The first-order valence-electron chi connectivity index (χ1n) is 6.80. The van der Waals surface area contributed by atoms with Crippen molar-refractivity contribution >= 4 is 11.3 Å². The molecule has 2 N–H and O–H groups in total. The van der Waals surface area contributed by atoms with Crippen molar-refractivity contribution < 1.29 is 9.47 Å². The number of ether oxygens (including phenoxy) is 2. The van der Waals surface area contributed by atoms with E-state index < -0.39 is 0 Å². The Hall–Kier alpha value is -1.59. The van der Waals surface area contributed by atoms with Crippen LogP contribution in [-0.4, -0.2) is 19.2 Å². The fourth-order valence-corrected chi connectivity index (χ4v) is 3.00. The average molecular weight is 306 g/mol. The minimum Gasteiger partial charge on any atom is -0.497 e. The molecule has 0 saturated carbocycles. The van der Waals surface area contributed by atoms with E-state index in [0.29, 0.717) is 0 Å². The molecule has 4 nitrogen and oxygen atoms in total. The zero-order chi connectivity index (χ0) is 15.6. The highest BCUT2D eigenvalue weighted by atomic mass is 32.1. The molecule has 0 fully saturated rings. The largest absolute Gasteiger partial charge is 0.497 e. The van der Waals surface area contributed by atoms with Crippen molar-refractivity contribution in [1.29, 1.82) is 0 Å². The Morgan fingerprint density at radius 3 is 2.48 bits per heavy atom. The van der Waals surface area contributed by atoms with Crippen molar-refractivity contribution in [3.05, 3.63) is 28.6 Å². The third-order valence-corrected chi connectivity index (χ3v) is 4.33. The van der Waals surface area contributed by atoms with Crippen LogP contribution in [-0.2, 0) is 0 Å². The summed E-state index contributed by atoms with van der Waals surface area (Å²) >= 11 is 1.58. The molecule has 0 amide bonds. The Morgan fingerprint density at radius 1 is 1.19 bits per heavy atom. The Bertz CT molecular complexity index is 617. The molecule has 114 valence electrons. The summed E-state index contributed by atoms with van der Waals surface area (Å²) in [5, 5.41) is 2.94. The van der Waals surface area contributed by atoms with Gasteiger partial charge in [0.1, 0.15) is 16.5 Å². The minimum absolute atomic E-state index is 0.0203. The molecule has 2 rings (SSSR count). The lowest BCUT2D eigenvalue weighted by atomic mass is 9.88. The highest BCUT2D eigenvalue weighted by molar-refractivity contribution is 7.10. The van der Waals surface area contributed by atoms with E-state index in [1.165, 1.54) is 0 Å². The van der Waals surface area contributed by atoms with E-state index >= 15 is 0 Å². The maximum atomic E-state index is 6.28. The molecule has 1 heterocycles. The second-order valence-corrected chi connectivity index (χ2v) is 6.87. The number of nitrogens with zero attached hydrogens (tertiary/aromatic N) is 1. The summed E-state index contributed by atoms with van der Waals surface area (Å²) in [7, 11) is 3.30. The van der Waals surface area contributed by atoms with E-state index in [1.807, 2.05) is 23.6 Å². The van der Waals surface area contributed by atoms with E-state index in [-0.39, 0.29) is 11.5 Å². The number of hydrogen-bond donors (Lipinski definition) is 1. The van der Waals surface area contributed by atoms with E-state index in [2.05, 4.69) is 25.8 Å². The van der Waals surface area contributed by atoms with Crippen LogP contribution in [0.3, 0.4) is 0 Å². The topological polar surface area (TPSA) is 57.4 Å². The Kier molecular flexibility index (Phi) is 4.54. The van der Waals surface area contributed by atoms with Crippen LogP contribution < -0.4 is 15.2 Å². The summed E-state index contributed by atoms with van der Waals surface area (Å²) in [6.45, 7) is 6.35. The number of methoxy groups -OCH3 is 2. The van der Waals surface area contributed by atoms with Crippen molar-refractivity contribution in [2.75, 3.05) is 14.2 Å². The number of aromatic nitrogens is 1. The van der Waals surface area contributed by atoms with Crippen molar-refractivity contribution in [3.8, 4) is 22.8 Å². The van der Waals surface area contributed by atoms with E-state index in [4.69, 9.17) is 15.2 Å². The molecule has 2 aromatic rings. The lowest BCUT2D eigenvalue weighted by Crippen LogP contribution is -2.26. The lowest BCUT2D eigenvalue weighted by molar-refractivity contribution is 0.326. The molecule has 1 unspecified atom stereocenters. The van der Waals surface area contributed by atoms with Crippen LogP contribution >= 0.6 is 11.3 Å². The highest BCUT2D eigenvalue weighted by Crippen LogP contribution is 2.37. The minimum atomic E-state index is -0.0900. The Balaban J connectivity index is 2.42. The first-order valence-corrected chi connectivity index (χ1v) is 7.68. The highest BCUT2D eigenvalue weighted by Gasteiger charge is 2.25. The van der Waals surface area contributed by atoms with Crippen LogP contribution in [0, 0.1) is 5.41 Å². The maximum Gasteiger partial charge on any atom is 0.128 e. The van der Waals surface area contributed by atoms with Gasteiger partial charge in [0.2, 0.25) is 0 Å². The predicted molar refractivity (Wildman–Crippen MR) is 87.0 cm³/mol. The summed E-state index contributed by atoms with van der Waals surface area (Å²) in [6, 6.07) is 5.60. The molecular weight excluding hydrogens is 284 g/mol. The Labute approximate surface area is 129 Å². The number of hydrogen-bond acceptors (Lipinski definition) is 5. The summed E-state index contributed by atoms with van der Waals surface area (Å²) in [4.78, 5) is 4.69. The van der Waals surface area contributed by atoms with Gasteiger partial charge in [-0.1, -0.05) is 20.8 Å². The van der Waals surface area contributed by atoms with Gasteiger partial charge in [0.25, 0.3) is 0 Å². The van der Waals surface area contributed by atoms with Gasteiger partial charge in [0.05, 0.1) is 26.0 Å². The van der Waals surface area contributed by atoms with Gasteiger partial charge >= 0.3 is 0 Å². The van der Waals surface area contributed by atoms with E-state index in [1.54, 1.807) is 25.6 Å². The Morgan fingerprint density at radius 2 is 1.90 bits per heavy atom. The van der Waals surface area contributed by atoms with Gasteiger partial charge in [0, 0.05) is 10.9 Å². The van der Waals surface area contributed by atoms with Gasteiger partial charge in [0.15, 0.2) is 0 Å². The molecule has 0 aliphatic heterocycles. The third-order valence-electron chi connectivity index (χ3n) is 3.40. The molecule has 1 aromatic carbocycles. The summed E-state index contributed by atoms with van der Waals surface area (Å²) < 4.78 is 10.7. The van der Waals surface area contributed by atoms with Crippen LogP contribution in [0.15, 0.2) is 23.6 Å². The van der Waals surface area contributed by atoms with Crippen molar-refractivity contribution in [2.45, 2.75) is 26.8 Å². The molecule has 21 heavy (non-hydrogen) atoms. The predicted octanol–water partition coefficient (Wildman–Crippen LogP) is 3.87. The molecule has 0 radical (unpaired) electrons. The summed E-state index contributed by atoms with van der Waals surface area (Å²) in [5.74, 6) is 1.55. The maximum absolute atomic E-state index is 6.28. The number of nitrogens with two attached hydrogens (primary N) is 1. The second-order valence-electron chi connectivity index (χ2n) is 5.98. The fourth-order valence-electron chi connectivity index (χ4n) is 1.94. The normalized spacial score (nSPS) is 13.0. The fraction of sp³-hybridized carbons (Fsp3) is 0.438. The monoisotopic (exact) mass is 306 g/mol. The first kappa shape index (κ1) is 15.8. The third kappa shape index (κ3) is 3.36. The first-order chi connectivity index (χ1) is 9.86. The van der Waals surface area contributed by atoms with Gasteiger partial charge in [-0.2, -0.15) is 0 Å². The molecule has 0 aliphatic rings. The summed E-state index contributed by atoms with van der Waals surface area (Å²) in [6.07, 6.45) is 0. The number of benzene rings is 1. The molecule has 0 bridgehead atoms. The van der Waals surface area contributed by atoms with E-state index in [0.717, 1.165) is 27.8 Å². The van der Waals surface area contributed by atoms with Crippen LogP contribution in [0.25, 0.3) is 11.3 Å². The van der Waals surface area contributed by atoms with Gasteiger partial charge in [-0.25, -0.2) is 4.98 Å². The van der Waals surface area contributed by atoms with Gasteiger partial charge in [-0.15, -0.1) is 11.3 Å². The molecule has 1 atom stereocenters. The average Bonchev–Trinajstić information content (AvgIpc) is 2.94.